The third-order valence-electron chi connectivity index (χ3n) is 5.46. The molecule has 0 unspecified atom stereocenters. The number of hydrogen-bond donors (Lipinski definition) is 0. The third-order valence-corrected chi connectivity index (χ3v) is 7.46. The monoisotopic (exact) mass is 505 g/mol. The molecule has 3 aromatic rings. The van der Waals surface area contributed by atoms with Crippen molar-refractivity contribution in [2.75, 3.05) is 13.2 Å². The van der Waals surface area contributed by atoms with Crippen molar-refractivity contribution in [2.45, 2.75) is 38.8 Å². The molecule has 4 rings (SSSR count). The van der Waals surface area contributed by atoms with Crippen LogP contribution < -0.4 is 4.74 Å². The Morgan fingerprint density at radius 2 is 1.88 bits per heavy atom. The zero-order valence-corrected chi connectivity index (χ0v) is 21.0. The summed E-state index contributed by atoms with van der Waals surface area (Å²) in [7, 11) is -1.27. The number of nitrogens with zero attached hydrogens (tertiary/aromatic N) is 1. The highest BCUT2D eigenvalue weighted by Gasteiger charge is 2.26. The van der Waals surface area contributed by atoms with E-state index in [-0.39, 0.29) is 17.5 Å². The van der Waals surface area contributed by atoms with Crippen LogP contribution in [0.15, 0.2) is 42.5 Å². The van der Waals surface area contributed by atoms with E-state index in [9.17, 15) is 13.6 Å². The molecule has 0 atom stereocenters. The molecule has 34 heavy (non-hydrogen) atoms. The largest absolute Gasteiger partial charge is 0.486 e. The molecule has 0 saturated heterocycles. The summed E-state index contributed by atoms with van der Waals surface area (Å²) in [6.45, 7) is 6.92. The predicted octanol–water partition coefficient (Wildman–Crippen LogP) is 6.92. The Bertz CT molecular complexity index is 1250. The van der Waals surface area contributed by atoms with E-state index in [2.05, 4.69) is 19.6 Å². The van der Waals surface area contributed by atoms with Gasteiger partial charge in [0.05, 0.1) is 16.1 Å². The van der Waals surface area contributed by atoms with Crippen molar-refractivity contribution >= 4 is 48.4 Å². The van der Waals surface area contributed by atoms with E-state index < -0.39 is 27.1 Å². The van der Waals surface area contributed by atoms with Gasteiger partial charge in [-0.2, -0.15) is 0 Å². The minimum absolute atomic E-state index is 0.174. The van der Waals surface area contributed by atoms with Crippen LogP contribution in [0, 0.1) is 0 Å². The number of rotatable bonds is 9. The van der Waals surface area contributed by atoms with Gasteiger partial charge < -0.3 is 18.8 Å². The van der Waals surface area contributed by atoms with Gasteiger partial charge in [-0.3, -0.25) is 0 Å². The fourth-order valence-corrected chi connectivity index (χ4v) is 4.66. The van der Waals surface area contributed by atoms with Crippen molar-refractivity contribution in [3.05, 3.63) is 64.3 Å². The number of halogens is 3. The highest BCUT2D eigenvalue weighted by atomic mass is 35.5. The van der Waals surface area contributed by atoms with Crippen molar-refractivity contribution in [1.29, 1.82) is 0 Å². The normalized spacial score (nSPS) is 14.8. The first-order valence-corrected chi connectivity index (χ1v) is 15.1. The summed E-state index contributed by atoms with van der Waals surface area (Å²) < 4.78 is 44.0. The molecule has 1 aliphatic heterocycles. The molecule has 0 aliphatic carbocycles. The minimum Gasteiger partial charge on any atom is -0.486 e. The molecule has 9 heteroatoms. The van der Waals surface area contributed by atoms with E-state index in [1.165, 1.54) is 0 Å². The standard InChI is InChI=1S/C25H26ClF2NO4Si/c1-34(2,3)9-8-31-15-29-17(12-22-18-6-4-5-7-19(18)25(30)33-22)10-16-11-20(26)23(13-21(16)29)32-14-24(27)28/h4-7,10-13,24H,8-9,14-15H2,1-3H3/b22-12-. The quantitative estimate of drug-likeness (QED) is 0.180. The van der Waals surface area contributed by atoms with Crippen LogP contribution in [0.1, 0.15) is 21.6 Å². The lowest BCUT2D eigenvalue weighted by atomic mass is 10.1. The van der Waals surface area contributed by atoms with Gasteiger partial charge in [-0.05, 0) is 24.2 Å². The van der Waals surface area contributed by atoms with Gasteiger partial charge in [-0.25, -0.2) is 13.6 Å². The zero-order chi connectivity index (χ0) is 24.5. The lowest BCUT2D eigenvalue weighted by Gasteiger charge is -2.17. The number of carbonyl (C=O) groups is 1. The second-order valence-electron chi connectivity index (χ2n) is 9.33. The Balaban J connectivity index is 1.73. The molecule has 1 aromatic heterocycles. The van der Waals surface area contributed by atoms with E-state index in [0.29, 0.717) is 29.0 Å². The van der Waals surface area contributed by atoms with Crippen LogP contribution in [0.5, 0.6) is 5.75 Å². The summed E-state index contributed by atoms with van der Waals surface area (Å²) in [5.41, 5.74) is 2.66. The van der Waals surface area contributed by atoms with Gasteiger partial charge >= 0.3 is 5.97 Å². The topological polar surface area (TPSA) is 49.7 Å². The number of fused-ring (bicyclic) bond motifs is 2. The number of benzene rings is 2. The van der Waals surface area contributed by atoms with Gasteiger partial charge in [-0.1, -0.05) is 49.4 Å². The van der Waals surface area contributed by atoms with Crippen LogP contribution in [0.4, 0.5) is 8.78 Å². The van der Waals surface area contributed by atoms with Crippen LogP contribution in [-0.2, 0) is 16.2 Å². The molecule has 0 saturated carbocycles. The average Bonchev–Trinajstić information content (AvgIpc) is 3.25. The van der Waals surface area contributed by atoms with Crippen LogP contribution in [0.3, 0.4) is 0 Å². The Hall–Kier alpha value is -2.68. The first-order valence-electron chi connectivity index (χ1n) is 11.0. The Kier molecular flexibility index (Phi) is 7.11. The van der Waals surface area contributed by atoms with Crippen molar-refractivity contribution in [3.8, 4) is 5.75 Å². The van der Waals surface area contributed by atoms with Gasteiger partial charge in [0.1, 0.15) is 24.8 Å². The van der Waals surface area contributed by atoms with Crippen LogP contribution >= 0.6 is 11.6 Å². The van der Waals surface area contributed by atoms with Crippen molar-refractivity contribution < 1.29 is 27.8 Å². The van der Waals surface area contributed by atoms with E-state index in [1.54, 1.807) is 30.3 Å². The molecule has 180 valence electrons. The first-order chi connectivity index (χ1) is 16.1. The molecule has 0 bridgehead atoms. The molecule has 0 amide bonds. The zero-order valence-electron chi connectivity index (χ0n) is 19.2. The summed E-state index contributed by atoms with van der Waals surface area (Å²) in [5.74, 6) is 0.210. The lowest BCUT2D eigenvalue weighted by Crippen LogP contribution is -2.22. The molecule has 0 N–H and O–H groups in total. The van der Waals surface area contributed by atoms with Crippen LogP contribution in [0.25, 0.3) is 22.7 Å². The van der Waals surface area contributed by atoms with Gasteiger partial charge in [-0.15, -0.1) is 0 Å². The molecule has 5 nitrogen and oxygen atoms in total. The first kappa shape index (κ1) is 24.4. The van der Waals surface area contributed by atoms with E-state index in [1.807, 2.05) is 22.8 Å². The van der Waals surface area contributed by atoms with Gasteiger partial charge in [0.2, 0.25) is 0 Å². The molecular formula is C25H26ClF2NO4Si. The molecule has 0 spiro atoms. The Morgan fingerprint density at radius 1 is 1.15 bits per heavy atom. The number of carbonyl (C=O) groups excluding carboxylic acids is 1. The third kappa shape index (κ3) is 5.51. The second kappa shape index (κ2) is 9.89. The van der Waals surface area contributed by atoms with Crippen molar-refractivity contribution in [3.63, 3.8) is 0 Å². The fourth-order valence-electron chi connectivity index (χ4n) is 3.67. The van der Waals surface area contributed by atoms with Gasteiger partial charge in [0, 0.05) is 43.5 Å². The van der Waals surface area contributed by atoms with Crippen molar-refractivity contribution in [2.24, 2.45) is 0 Å². The Morgan fingerprint density at radius 3 is 2.59 bits per heavy atom. The highest BCUT2D eigenvalue weighted by Crippen LogP contribution is 2.35. The molecule has 2 aromatic carbocycles. The van der Waals surface area contributed by atoms with Crippen LogP contribution in [-0.4, -0.2) is 38.2 Å². The number of ether oxygens (including phenoxy) is 3. The molecule has 2 heterocycles. The molecular weight excluding hydrogens is 480 g/mol. The summed E-state index contributed by atoms with van der Waals surface area (Å²) in [5, 5.41) is 1.02. The summed E-state index contributed by atoms with van der Waals surface area (Å²) >= 11 is 6.29. The van der Waals surface area contributed by atoms with E-state index in [4.69, 9.17) is 25.8 Å². The number of esters is 1. The van der Waals surface area contributed by atoms with Gasteiger partial charge in [0.15, 0.2) is 0 Å². The molecule has 1 aliphatic rings. The molecule has 0 fully saturated rings. The summed E-state index contributed by atoms with van der Waals surface area (Å²) in [6.07, 6.45) is -0.833. The fraction of sp³-hybridized carbons (Fsp3) is 0.320. The predicted molar refractivity (Wildman–Crippen MR) is 132 cm³/mol. The summed E-state index contributed by atoms with van der Waals surface area (Å²) in [4.78, 5) is 12.3. The molecule has 0 radical (unpaired) electrons. The number of cyclic esters (lactones) is 1. The van der Waals surface area contributed by atoms with E-state index >= 15 is 0 Å². The smallest absolute Gasteiger partial charge is 0.344 e. The maximum atomic E-state index is 12.7. The van der Waals surface area contributed by atoms with Gasteiger partial charge in [0.25, 0.3) is 6.43 Å². The maximum absolute atomic E-state index is 12.7. The summed E-state index contributed by atoms with van der Waals surface area (Å²) in [6, 6.07) is 13.4. The minimum atomic E-state index is -2.61. The SMILES string of the molecule is C[Si](C)(C)CCOCn1c(/C=C2\OC(=O)c3ccccc32)cc2cc(Cl)c(OCC(F)F)cc21. The second-order valence-corrected chi connectivity index (χ2v) is 15.4. The number of hydrogen-bond acceptors (Lipinski definition) is 4. The van der Waals surface area contributed by atoms with E-state index in [0.717, 1.165) is 17.1 Å². The lowest BCUT2D eigenvalue weighted by molar-refractivity contribution is 0.0716. The number of aromatic nitrogens is 1. The number of alkyl halides is 2. The van der Waals surface area contributed by atoms with Crippen LogP contribution in [0.2, 0.25) is 30.7 Å². The average molecular weight is 506 g/mol. The van der Waals surface area contributed by atoms with Crippen molar-refractivity contribution in [1.82, 2.24) is 4.57 Å². The highest BCUT2D eigenvalue weighted by molar-refractivity contribution is 6.76. The Labute approximate surface area is 202 Å². The maximum Gasteiger partial charge on any atom is 0.344 e.